The molecule has 13 rings (SSSR count). The number of nitrogens with zero attached hydrogens (tertiary/aromatic N) is 10. The van der Waals surface area contributed by atoms with Crippen molar-refractivity contribution in [3.63, 3.8) is 0 Å². The number of ketones is 2. The summed E-state index contributed by atoms with van der Waals surface area (Å²) in [5.41, 5.74) is 14.1. The molecule has 26 heteroatoms. The minimum absolute atomic E-state index is 0. The first kappa shape index (κ1) is 76.5. The van der Waals surface area contributed by atoms with Gasteiger partial charge in [0.1, 0.15) is 29.0 Å². The van der Waals surface area contributed by atoms with Crippen LogP contribution in [0.15, 0.2) is 128 Å². The van der Waals surface area contributed by atoms with Crippen molar-refractivity contribution in [3.8, 4) is 33.8 Å². The Hall–Kier alpha value is -5.87. The molecule has 9 aromatic rings. The molecule has 1 saturated heterocycles. The normalized spacial score (nSPS) is 19.3. The average molecular weight is 1460 g/mol. The summed E-state index contributed by atoms with van der Waals surface area (Å²) in [6, 6.07) is 36.6. The molecule has 0 unspecified atom stereocenters. The van der Waals surface area contributed by atoms with E-state index in [0.29, 0.717) is 76.2 Å². The van der Waals surface area contributed by atoms with Crippen molar-refractivity contribution in [2.75, 3.05) is 65.9 Å². The molecular weight excluding hydrogens is 1370 g/mol. The highest BCUT2D eigenvalue weighted by Crippen LogP contribution is 2.33. The zero-order chi connectivity index (χ0) is 65.6. The van der Waals surface area contributed by atoms with Gasteiger partial charge in [0.15, 0.2) is 16.9 Å². The predicted octanol–water partition coefficient (Wildman–Crippen LogP) is 16.9. The minimum atomic E-state index is -0.508. The third kappa shape index (κ3) is 23.1. The largest absolute Gasteiger partial charge is 0.379 e. The van der Waals surface area contributed by atoms with Gasteiger partial charge < -0.3 is 26.4 Å². The molecule has 0 spiro atoms. The number of Topliss-reactive ketones (excluding diaryl/α,β-unsaturated/α-hetero) is 2. The quantitative estimate of drug-likeness (QED) is 0.0493. The number of imidazole rings is 3. The number of morpholine rings is 1. The van der Waals surface area contributed by atoms with Crippen LogP contribution in [0.4, 0.5) is 17.5 Å². The standard InChI is InChI=1S/C25H30ClN5O2.C21H22Cl2N4O.C18H20ClN5.C2H2Cl2O.CH2Cl2.2CH4/c26-20-3-1-2-19(15-20)23-16-27-25-9-8-24(29-31(23)25)28-21-6-4-18(5-7-21)14-22(32)17-30-10-12-33-13-11-30;22-12-18(28)10-14-4-6-17(7-5-14)25-20-8-9-21-24-13-19(27(21)26-20)15-2-1-3-16(23)11-15;19-13-3-1-2-12(10-13)16-11-21-18-9-8-17(23-24(16)18)22-15-6-4-14(20)5-7-15;3-1-2(4)5;2-1-3;;/h1-3,8-9,15-16,18,21H,4-7,10-14,17H2,(H,28,29);1-3,8-9,11,13-14,17H,4-7,10,12H2,(H,25,26);1-3,8-11,14-15H,4-7,20H2,(H,22,23);1H2;1H2;2*1H4. The maximum atomic E-state index is 12.5. The molecule has 95 heavy (non-hydrogen) atoms. The topological polar surface area (TPSA) is 216 Å². The second-order valence-corrected chi connectivity index (χ2v) is 26.6. The van der Waals surface area contributed by atoms with Gasteiger partial charge in [0.2, 0.25) is 5.24 Å². The number of fused-ring (bicyclic) bond motifs is 3. The summed E-state index contributed by atoms with van der Waals surface area (Å²) in [6.07, 6.45) is 19.5. The highest BCUT2D eigenvalue weighted by Gasteiger charge is 2.27. The van der Waals surface area contributed by atoms with E-state index in [1.807, 2.05) is 141 Å². The Labute approximate surface area is 596 Å². The molecule has 0 radical (unpaired) electrons. The number of aromatic nitrogens is 9. The van der Waals surface area contributed by atoms with Crippen LogP contribution in [-0.2, 0) is 19.1 Å². The zero-order valence-electron chi connectivity index (χ0n) is 51.4. The van der Waals surface area contributed by atoms with E-state index in [9.17, 15) is 14.4 Å². The van der Waals surface area contributed by atoms with Gasteiger partial charge in [-0.3, -0.25) is 19.3 Å². The number of anilines is 3. The lowest BCUT2D eigenvalue weighted by atomic mass is 9.83. The van der Waals surface area contributed by atoms with E-state index < -0.39 is 5.24 Å². The Kier molecular flexibility index (Phi) is 31.3. The van der Waals surface area contributed by atoms with Crippen molar-refractivity contribution in [1.29, 1.82) is 0 Å². The van der Waals surface area contributed by atoms with Gasteiger partial charge in [-0.15, -0.1) is 61.7 Å². The molecule has 18 nitrogen and oxygen atoms in total. The van der Waals surface area contributed by atoms with Crippen LogP contribution in [0.3, 0.4) is 0 Å². The maximum absolute atomic E-state index is 12.5. The maximum Gasteiger partial charge on any atom is 0.236 e. The molecule has 510 valence electrons. The van der Waals surface area contributed by atoms with Crippen molar-refractivity contribution in [2.45, 2.75) is 129 Å². The monoisotopic (exact) mass is 1450 g/mol. The van der Waals surface area contributed by atoms with Crippen molar-refractivity contribution in [1.82, 2.24) is 48.7 Å². The molecule has 0 atom stereocenters. The fraction of sp³-hybridized carbons (Fsp3) is 0.435. The molecule has 4 aliphatic rings. The van der Waals surface area contributed by atoms with Gasteiger partial charge in [0.05, 0.1) is 72.5 Å². The molecule has 1 aliphatic heterocycles. The Morgan fingerprint density at radius 1 is 0.484 bits per heavy atom. The number of carbonyl (C=O) groups is 3. The first-order valence-electron chi connectivity index (χ1n) is 31.3. The number of rotatable bonds is 17. The number of hydrogen-bond donors (Lipinski definition) is 4. The van der Waals surface area contributed by atoms with E-state index in [0.717, 1.165) is 172 Å². The van der Waals surface area contributed by atoms with Crippen LogP contribution in [-0.4, -0.2) is 140 Å². The van der Waals surface area contributed by atoms with Gasteiger partial charge in [0, 0.05) is 81.9 Å². The van der Waals surface area contributed by atoms with E-state index in [2.05, 4.69) is 35.8 Å². The molecule has 3 aromatic carbocycles. The van der Waals surface area contributed by atoms with Gasteiger partial charge in [-0.2, -0.15) is 0 Å². The molecule has 4 fully saturated rings. The second kappa shape index (κ2) is 38.9. The molecular formula is C69H84Cl8N14O4. The average Bonchev–Trinajstić information content (AvgIpc) is 1.49. The molecule has 5 N–H and O–H groups in total. The number of ether oxygens (including phenoxy) is 1. The second-order valence-electron chi connectivity index (χ2n) is 23.5. The Morgan fingerprint density at radius 2 is 0.821 bits per heavy atom. The third-order valence-electron chi connectivity index (χ3n) is 16.8. The van der Waals surface area contributed by atoms with Crippen LogP contribution in [0.25, 0.3) is 50.7 Å². The van der Waals surface area contributed by atoms with Gasteiger partial charge in [0.25, 0.3) is 0 Å². The number of nitrogens with two attached hydrogens (primary N) is 1. The summed E-state index contributed by atoms with van der Waals surface area (Å²) in [5, 5.41) is 26.7. The van der Waals surface area contributed by atoms with E-state index >= 15 is 0 Å². The summed E-state index contributed by atoms with van der Waals surface area (Å²) in [4.78, 5) is 49.1. The van der Waals surface area contributed by atoms with Gasteiger partial charge in [-0.1, -0.05) is 86.1 Å². The lowest BCUT2D eigenvalue weighted by molar-refractivity contribution is -0.122. The van der Waals surface area contributed by atoms with Crippen LogP contribution in [0.1, 0.15) is 105 Å². The number of alkyl halides is 4. The first-order valence-corrected chi connectivity index (χ1v) is 34.9. The van der Waals surface area contributed by atoms with E-state index in [-0.39, 0.29) is 37.7 Å². The van der Waals surface area contributed by atoms with E-state index in [4.69, 9.17) is 119 Å². The Bertz CT molecular complexity index is 3860. The Morgan fingerprint density at radius 3 is 1.15 bits per heavy atom. The van der Waals surface area contributed by atoms with Crippen LogP contribution >= 0.6 is 92.8 Å². The molecule has 6 aromatic heterocycles. The van der Waals surface area contributed by atoms with Crippen molar-refractivity contribution < 1.29 is 19.1 Å². The Balaban J connectivity index is 0.000000190. The van der Waals surface area contributed by atoms with Crippen molar-refractivity contribution in [2.24, 2.45) is 17.6 Å². The number of carbonyl (C=O) groups excluding carboxylic acids is 3. The summed E-state index contributed by atoms with van der Waals surface area (Å²) in [7, 11) is 0. The summed E-state index contributed by atoms with van der Waals surface area (Å²) >= 11 is 43.1. The van der Waals surface area contributed by atoms with Crippen LogP contribution < -0.4 is 21.7 Å². The lowest BCUT2D eigenvalue weighted by Gasteiger charge is -2.30. The third-order valence-corrected chi connectivity index (χ3v) is 18.3. The highest BCUT2D eigenvalue weighted by molar-refractivity contribution is 6.67. The van der Waals surface area contributed by atoms with Gasteiger partial charge in [-0.25, -0.2) is 28.5 Å². The number of benzene rings is 3. The lowest BCUT2D eigenvalue weighted by Crippen LogP contribution is -2.40. The molecule has 3 aliphatic carbocycles. The zero-order valence-corrected chi connectivity index (χ0v) is 57.4. The van der Waals surface area contributed by atoms with E-state index in [1.165, 1.54) is 0 Å². The van der Waals surface area contributed by atoms with E-state index in [1.54, 1.807) is 0 Å². The predicted molar refractivity (Wildman–Crippen MR) is 392 cm³/mol. The van der Waals surface area contributed by atoms with Crippen molar-refractivity contribution in [3.05, 3.63) is 143 Å². The summed E-state index contributed by atoms with van der Waals surface area (Å²) in [6.45, 7) is 3.80. The minimum Gasteiger partial charge on any atom is -0.379 e. The van der Waals surface area contributed by atoms with Crippen molar-refractivity contribution >= 4 is 144 Å². The number of halogens is 8. The number of hydrogen-bond acceptors (Lipinski definition) is 15. The number of nitrogens with one attached hydrogen (secondary N) is 3. The fourth-order valence-electron chi connectivity index (χ4n) is 12.1. The molecule has 3 saturated carbocycles. The molecule has 0 amide bonds. The molecule has 7 heterocycles. The van der Waals surface area contributed by atoms with Crippen LogP contribution in [0.2, 0.25) is 15.1 Å². The van der Waals surface area contributed by atoms with Gasteiger partial charge in [-0.05, 0) is 173 Å². The fourth-order valence-corrected chi connectivity index (χ4v) is 12.7. The van der Waals surface area contributed by atoms with Gasteiger partial charge >= 0.3 is 0 Å². The smallest absolute Gasteiger partial charge is 0.236 e. The van der Waals surface area contributed by atoms with Crippen LogP contribution in [0.5, 0.6) is 0 Å². The SMILES string of the molecule is C.C.ClCCl.NC1CCC(Nc2ccc3ncc(-c4cccc(Cl)c4)n3n2)CC1.O=C(CC1CCC(Nc2ccc3ncc(-c4cccc(Cl)c4)n3n2)CC1)CN1CCOCC1.O=C(CCl)CC1CCC(Nc2ccc3ncc(-c4cccc(Cl)c4)n3n2)CC1.O=C(Cl)CCl. The molecule has 0 bridgehead atoms. The first-order chi connectivity index (χ1) is 45.1. The highest BCUT2D eigenvalue weighted by atomic mass is 35.5. The summed E-state index contributed by atoms with van der Waals surface area (Å²) in [5.74, 6) is 4.04. The van der Waals surface area contributed by atoms with Crippen LogP contribution in [0, 0.1) is 11.8 Å². The summed E-state index contributed by atoms with van der Waals surface area (Å²) < 4.78 is 10.9.